The number of carbonyl (C=O) groups is 1. The van der Waals surface area contributed by atoms with Crippen molar-refractivity contribution in [3.05, 3.63) is 22.8 Å². The number of rotatable bonds is 3. The maximum Gasteiger partial charge on any atom is 0.302 e. The van der Waals surface area contributed by atoms with Crippen molar-refractivity contribution in [2.75, 3.05) is 6.61 Å². The van der Waals surface area contributed by atoms with Gasteiger partial charge in [0.05, 0.1) is 6.10 Å². The first kappa shape index (κ1) is 18.2. The Labute approximate surface area is 156 Å². The minimum atomic E-state index is -1.25. The highest BCUT2D eigenvalue weighted by Gasteiger charge is 2.65. The Hall–Kier alpha value is -1.13. The van der Waals surface area contributed by atoms with Crippen LogP contribution in [0.15, 0.2) is 22.8 Å². The number of esters is 1. The first-order chi connectivity index (χ1) is 12.1. The van der Waals surface area contributed by atoms with Crippen LogP contribution in [0.25, 0.3) is 0 Å². The van der Waals surface area contributed by atoms with Crippen molar-refractivity contribution in [3.63, 3.8) is 0 Å². The molecule has 1 saturated heterocycles. The first-order valence-electron chi connectivity index (χ1n) is 10.1. The van der Waals surface area contributed by atoms with E-state index in [4.69, 9.17) is 9.47 Å². The molecule has 1 N–H and O–H groups in total. The smallest absolute Gasteiger partial charge is 0.302 e. The molecule has 4 aliphatic rings. The van der Waals surface area contributed by atoms with Gasteiger partial charge in [-0.05, 0) is 61.0 Å². The monoisotopic (exact) mass is 360 g/mol. The molecule has 0 amide bonds. The van der Waals surface area contributed by atoms with Crippen LogP contribution >= 0.6 is 0 Å². The fourth-order valence-electron chi connectivity index (χ4n) is 6.11. The van der Waals surface area contributed by atoms with E-state index in [-0.39, 0.29) is 29.5 Å². The Morgan fingerprint density at radius 2 is 2.08 bits per heavy atom. The molecule has 4 nitrogen and oxygen atoms in total. The quantitative estimate of drug-likeness (QED) is 0.607. The van der Waals surface area contributed by atoms with E-state index in [1.54, 1.807) is 11.1 Å². The van der Waals surface area contributed by atoms with E-state index in [2.05, 4.69) is 27.7 Å². The lowest BCUT2D eigenvalue weighted by atomic mass is 9.52. The molecule has 4 heteroatoms. The normalized spacial score (nSPS) is 44.0. The van der Waals surface area contributed by atoms with Crippen LogP contribution < -0.4 is 0 Å². The summed E-state index contributed by atoms with van der Waals surface area (Å²) in [5.41, 5.74) is 4.09. The minimum Gasteiger partial charge on any atom is -0.461 e. The Bertz CT molecular complexity index is 705. The van der Waals surface area contributed by atoms with Crippen LogP contribution in [-0.2, 0) is 14.3 Å². The van der Waals surface area contributed by atoms with Gasteiger partial charge in [0.25, 0.3) is 0 Å². The molecule has 5 atom stereocenters. The molecule has 0 spiro atoms. The summed E-state index contributed by atoms with van der Waals surface area (Å²) < 4.78 is 11.3. The second kappa shape index (κ2) is 5.68. The van der Waals surface area contributed by atoms with E-state index in [0.717, 1.165) is 24.8 Å². The second-order valence-electron chi connectivity index (χ2n) is 9.66. The van der Waals surface area contributed by atoms with Crippen LogP contribution in [0.4, 0.5) is 0 Å². The van der Waals surface area contributed by atoms with E-state index in [9.17, 15) is 9.90 Å². The SMILES string of the molecule is CC(=O)OCC1=C[C@@]2(O)O[C@@H]1CC1C3=C(C(C)C)CC[C@]3(C)CC[C@]12C. The van der Waals surface area contributed by atoms with Gasteiger partial charge >= 0.3 is 5.97 Å². The Kier molecular flexibility index (Phi) is 3.99. The van der Waals surface area contributed by atoms with E-state index >= 15 is 0 Å². The third kappa shape index (κ3) is 2.37. The van der Waals surface area contributed by atoms with Gasteiger partial charge in [0.15, 0.2) is 5.79 Å². The minimum absolute atomic E-state index is 0.152. The molecule has 2 aliphatic carbocycles. The summed E-state index contributed by atoms with van der Waals surface area (Å²) in [6.45, 7) is 10.9. The molecule has 144 valence electrons. The van der Waals surface area contributed by atoms with Crippen LogP contribution in [0.3, 0.4) is 0 Å². The Morgan fingerprint density at radius 1 is 1.35 bits per heavy atom. The summed E-state index contributed by atoms with van der Waals surface area (Å²) in [5, 5.41) is 11.5. The summed E-state index contributed by atoms with van der Waals surface area (Å²) in [5.74, 6) is -0.667. The van der Waals surface area contributed by atoms with Crippen molar-refractivity contribution in [2.24, 2.45) is 22.7 Å². The number of allylic oxidation sites excluding steroid dienone is 2. The molecule has 0 aromatic carbocycles. The number of hydrogen-bond donors (Lipinski definition) is 1. The number of aliphatic hydroxyl groups is 1. The highest BCUT2D eigenvalue weighted by molar-refractivity contribution is 5.66. The average Bonchev–Trinajstić information content (AvgIpc) is 3.05. The molecule has 0 radical (unpaired) electrons. The van der Waals surface area contributed by atoms with Gasteiger partial charge in [-0.3, -0.25) is 4.79 Å². The van der Waals surface area contributed by atoms with Crippen molar-refractivity contribution < 1.29 is 19.4 Å². The van der Waals surface area contributed by atoms with Crippen LogP contribution in [-0.4, -0.2) is 29.6 Å². The molecule has 1 unspecified atom stereocenters. The van der Waals surface area contributed by atoms with E-state index in [0.29, 0.717) is 11.8 Å². The maximum absolute atomic E-state index is 11.5. The standard InChI is InChI=1S/C22H32O4/c1-13(2)16-6-7-20(4)8-9-21(5)17(19(16)20)10-18-15(12-25-14(3)23)11-22(21,24)26-18/h11,13,17-18,24H,6-10,12H2,1-5H3/t17?,18-,20-,21-,22-/m1/s1. The summed E-state index contributed by atoms with van der Waals surface area (Å²) in [7, 11) is 0. The number of ether oxygens (including phenoxy) is 2. The average molecular weight is 360 g/mol. The molecule has 2 bridgehead atoms. The van der Waals surface area contributed by atoms with E-state index in [1.165, 1.54) is 19.8 Å². The summed E-state index contributed by atoms with van der Waals surface area (Å²) >= 11 is 0. The highest BCUT2D eigenvalue weighted by atomic mass is 16.6. The highest BCUT2D eigenvalue weighted by Crippen LogP contribution is 2.67. The van der Waals surface area contributed by atoms with Gasteiger partial charge in [-0.1, -0.05) is 38.8 Å². The first-order valence-corrected chi connectivity index (χ1v) is 10.1. The fraction of sp³-hybridized carbons (Fsp3) is 0.773. The van der Waals surface area contributed by atoms with Crippen LogP contribution in [0, 0.1) is 22.7 Å². The lowest BCUT2D eigenvalue weighted by Gasteiger charge is -2.57. The Balaban J connectivity index is 1.74. The predicted octanol–water partition coefficient (Wildman–Crippen LogP) is 4.14. The van der Waals surface area contributed by atoms with Crippen molar-refractivity contribution in [3.8, 4) is 0 Å². The molecule has 0 aromatic heterocycles. The van der Waals surface area contributed by atoms with Gasteiger partial charge in [-0.2, -0.15) is 0 Å². The van der Waals surface area contributed by atoms with E-state index < -0.39 is 5.79 Å². The zero-order chi connectivity index (χ0) is 18.9. The zero-order valence-corrected chi connectivity index (χ0v) is 16.7. The van der Waals surface area contributed by atoms with Crippen molar-refractivity contribution >= 4 is 5.97 Å². The fourth-order valence-corrected chi connectivity index (χ4v) is 6.11. The number of fused-ring (bicyclic) bond motifs is 6. The molecule has 2 fully saturated rings. The molecule has 2 aliphatic heterocycles. The zero-order valence-electron chi connectivity index (χ0n) is 16.7. The van der Waals surface area contributed by atoms with Crippen molar-refractivity contribution in [1.29, 1.82) is 0 Å². The van der Waals surface area contributed by atoms with Gasteiger partial charge in [0, 0.05) is 12.3 Å². The van der Waals surface area contributed by atoms with Gasteiger partial charge in [0.1, 0.15) is 6.61 Å². The predicted molar refractivity (Wildman–Crippen MR) is 99.2 cm³/mol. The molecule has 2 heterocycles. The topological polar surface area (TPSA) is 55.8 Å². The van der Waals surface area contributed by atoms with Crippen LogP contribution in [0.1, 0.15) is 66.7 Å². The van der Waals surface area contributed by atoms with Crippen LogP contribution in [0.5, 0.6) is 0 Å². The van der Waals surface area contributed by atoms with Gasteiger partial charge in [0.2, 0.25) is 0 Å². The number of hydrogen-bond acceptors (Lipinski definition) is 4. The second-order valence-corrected chi connectivity index (χ2v) is 9.66. The van der Waals surface area contributed by atoms with Crippen LogP contribution in [0.2, 0.25) is 0 Å². The van der Waals surface area contributed by atoms with Gasteiger partial charge in [-0.15, -0.1) is 0 Å². The van der Waals surface area contributed by atoms with Gasteiger partial charge < -0.3 is 14.6 Å². The summed E-state index contributed by atoms with van der Waals surface area (Å²) in [6.07, 6.45) is 7.08. The third-order valence-electron chi connectivity index (χ3n) is 7.78. The Morgan fingerprint density at radius 3 is 2.73 bits per heavy atom. The number of carbonyl (C=O) groups excluding carboxylic acids is 1. The maximum atomic E-state index is 11.5. The van der Waals surface area contributed by atoms with Crippen molar-refractivity contribution in [2.45, 2.75) is 78.6 Å². The largest absolute Gasteiger partial charge is 0.461 e. The molecule has 4 rings (SSSR count). The van der Waals surface area contributed by atoms with E-state index in [1.807, 2.05) is 6.08 Å². The molecule has 1 saturated carbocycles. The van der Waals surface area contributed by atoms with Crippen molar-refractivity contribution in [1.82, 2.24) is 0 Å². The van der Waals surface area contributed by atoms with Gasteiger partial charge in [-0.25, -0.2) is 0 Å². The summed E-state index contributed by atoms with van der Waals surface area (Å²) in [4.78, 5) is 11.2. The lowest BCUT2D eigenvalue weighted by molar-refractivity contribution is -0.288. The lowest BCUT2D eigenvalue weighted by Crippen LogP contribution is -2.58. The summed E-state index contributed by atoms with van der Waals surface area (Å²) in [6, 6.07) is 0. The molecular weight excluding hydrogens is 328 g/mol. The molecular formula is C22H32O4. The third-order valence-corrected chi connectivity index (χ3v) is 7.78. The molecule has 0 aromatic rings. The molecule has 26 heavy (non-hydrogen) atoms.